The van der Waals surface area contributed by atoms with Gasteiger partial charge in [-0.15, -0.1) is 0 Å². The molecule has 0 saturated heterocycles. The SMILES string of the molecule is O=C(O)c1cc(-c2ccc(F)c(-c3ccccc3F)c2)no1. The number of carboxylic acids is 1. The van der Waals surface area contributed by atoms with Crippen molar-refractivity contribution in [2.45, 2.75) is 0 Å². The highest BCUT2D eigenvalue weighted by molar-refractivity contribution is 5.86. The van der Waals surface area contributed by atoms with Crippen LogP contribution in [0.4, 0.5) is 8.78 Å². The molecular weight excluding hydrogens is 292 g/mol. The highest BCUT2D eigenvalue weighted by Gasteiger charge is 2.15. The summed E-state index contributed by atoms with van der Waals surface area (Å²) in [6, 6.07) is 11.0. The molecule has 1 aromatic heterocycles. The van der Waals surface area contributed by atoms with Crippen molar-refractivity contribution in [1.82, 2.24) is 5.16 Å². The Kier molecular flexibility index (Phi) is 3.42. The van der Waals surface area contributed by atoms with Gasteiger partial charge in [0.05, 0.1) is 0 Å². The van der Waals surface area contributed by atoms with Crippen molar-refractivity contribution < 1.29 is 23.2 Å². The normalized spacial score (nSPS) is 10.6. The first-order valence-corrected chi connectivity index (χ1v) is 6.31. The summed E-state index contributed by atoms with van der Waals surface area (Å²) in [5, 5.41) is 12.4. The van der Waals surface area contributed by atoms with Crippen molar-refractivity contribution in [2.24, 2.45) is 0 Å². The van der Waals surface area contributed by atoms with E-state index in [-0.39, 0.29) is 22.6 Å². The number of carboxylic acid groups (broad SMARTS) is 1. The highest BCUT2D eigenvalue weighted by Crippen LogP contribution is 2.30. The molecule has 0 atom stereocenters. The molecule has 4 nitrogen and oxygen atoms in total. The second kappa shape index (κ2) is 5.40. The number of rotatable bonds is 3. The Hall–Kier alpha value is -3.02. The average Bonchev–Trinajstić information content (AvgIpc) is 2.99. The number of nitrogens with zero attached hydrogens (tertiary/aromatic N) is 1. The van der Waals surface area contributed by atoms with Crippen LogP contribution in [0.15, 0.2) is 53.1 Å². The van der Waals surface area contributed by atoms with Gasteiger partial charge in [0, 0.05) is 22.8 Å². The number of hydrogen-bond acceptors (Lipinski definition) is 3. The van der Waals surface area contributed by atoms with Crippen molar-refractivity contribution in [2.75, 3.05) is 0 Å². The minimum atomic E-state index is -1.25. The molecule has 0 amide bonds. The van der Waals surface area contributed by atoms with Gasteiger partial charge in [-0.05, 0) is 24.3 Å². The van der Waals surface area contributed by atoms with E-state index in [1.807, 2.05) is 0 Å². The van der Waals surface area contributed by atoms with Crippen LogP contribution in [0.1, 0.15) is 10.6 Å². The van der Waals surface area contributed by atoms with E-state index >= 15 is 0 Å². The Morgan fingerprint density at radius 3 is 2.41 bits per heavy atom. The number of halogens is 2. The molecule has 2 aromatic carbocycles. The fraction of sp³-hybridized carbons (Fsp3) is 0. The van der Waals surface area contributed by atoms with Gasteiger partial charge in [-0.25, -0.2) is 13.6 Å². The lowest BCUT2D eigenvalue weighted by Crippen LogP contribution is -1.92. The molecule has 0 fully saturated rings. The summed E-state index contributed by atoms with van der Waals surface area (Å²) in [7, 11) is 0. The predicted octanol–water partition coefficient (Wildman–Crippen LogP) is 3.99. The molecule has 1 N–H and O–H groups in total. The van der Waals surface area contributed by atoms with Crippen molar-refractivity contribution in [3.05, 3.63) is 65.9 Å². The predicted molar refractivity (Wildman–Crippen MR) is 74.3 cm³/mol. The van der Waals surface area contributed by atoms with Crippen LogP contribution >= 0.6 is 0 Å². The van der Waals surface area contributed by atoms with E-state index in [2.05, 4.69) is 9.68 Å². The first kappa shape index (κ1) is 13.9. The Balaban J connectivity index is 2.10. The smallest absolute Gasteiger partial charge is 0.374 e. The van der Waals surface area contributed by atoms with Crippen LogP contribution in [-0.2, 0) is 0 Å². The molecule has 0 aliphatic heterocycles. The third-order valence-electron chi connectivity index (χ3n) is 3.15. The van der Waals surface area contributed by atoms with Gasteiger partial charge in [0.15, 0.2) is 0 Å². The summed E-state index contributed by atoms with van der Waals surface area (Å²) in [4.78, 5) is 10.8. The summed E-state index contributed by atoms with van der Waals surface area (Å²) in [5.41, 5.74) is 0.838. The second-order valence-electron chi connectivity index (χ2n) is 4.56. The van der Waals surface area contributed by atoms with Crippen LogP contribution in [-0.4, -0.2) is 16.2 Å². The van der Waals surface area contributed by atoms with Crippen LogP contribution < -0.4 is 0 Å². The lowest BCUT2D eigenvalue weighted by Gasteiger charge is -2.06. The van der Waals surface area contributed by atoms with E-state index in [1.165, 1.54) is 42.5 Å². The monoisotopic (exact) mass is 301 g/mol. The maximum atomic E-state index is 14.0. The quantitative estimate of drug-likeness (QED) is 0.794. The van der Waals surface area contributed by atoms with Crippen LogP contribution in [0.2, 0.25) is 0 Å². The maximum absolute atomic E-state index is 14.0. The molecule has 3 aromatic rings. The summed E-state index contributed by atoms with van der Waals surface area (Å²) in [6.45, 7) is 0. The van der Waals surface area contributed by atoms with Gasteiger partial charge in [0.25, 0.3) is 0 Å². The Morgan fingerprint density at radius 1 is 1.00 bits per heavy atom. The average molecular weight is 301 g/mol. The van der Waals surface area contributed by atoms with Crippen molar-refractivity contribution in [3.8, 4) is 22.4 Å². The van der Waals surface area contributed by atoms with Gasteiger partial charge in [-0.1, -0.05) is 23.4 Å². The minimum Gasteiger partial charge on any atom is -0.475 e. The number of benzene rings is 2. The largest absolute Gasteiger partial charge is 0.475 e. The first-order chi connectivity index (χ1) is 10.6. The molecule has 6 heteroatoms. The summed E-state index contributed by atoms with van der Waals surface area (Å²) in [5.74, 6) is -2.72. The Bertz CT molecular complexity index is 858. The van der Waals surface area contributed by atoms with Crippen molar-refractivity contribution in [1.29, 1.82) is 0 Å². The fourth-order valence-corrected chi connectivity index (χ4v) is 2.08. The zero-order valence-corrected chi connectivity index (χ0v) is 11.1. The van der Waals surface area contributed by atoms with E-state index in [1.54, 1.807) is 6.07 Å². The molecule has 0 saturated carbocycles. The third kappa shape index (κ3) is 2.46. The van der Waals surface area contributed by atoms with Gasteiger partial charge in [0.2, 0.25) is 5.76 Å². The second-order valence-corrected chi connectivity index (χ2v) is 4.56. The molecule has 110 valence electrons. The van der Waals surface area contributed by atoms with Crippen molar-refractivity contribution >= 4 is 5.97 Å². The van der Waals surface area contributed by atoms with Crippen LogP contribution in [0.5, 0.6) is 0 Å². The van der Waals surface area contributed by atoms with Gasteiger partial charge < -0.3 is 9.63 Å². The Labute approximate surface area is 123 Å². The molecule has 0 aliphatic rings. The zero-order chi connectivity index (χ0) is 15.7. The van der Waals surface area contributed by atoms with Gasteiger partial charge >= 0.3 is 5.97 Å². The van der Waals surface area contributed by atoms with E-state index in [0.29, 0.717) is 5.56 Å². The van der Waals surface area contributed by atoms with E-state index in [9.17, 15) is 13.6 Å². The molecule has 0 bridgehead atoms. The lowest BCUT2D eigenvalue weighted by molar-refractivity contribution is 0.0652. The standard InChI is InChI=1S/C16H9F2NO3/c17-12-4-2-1-3-10(12)11-7-9(5-6-13(11)18)14-8-15(16(20)21)22-19-14/h1-8H,(H,20,21). The fourth-order valence-electron chi connectivity index (χ4n) is 2.08. The summed E-state index contributed by atoms with van der Waals surface area (Å²) < 4.78 is 32.5. The van der Waals surface area contributed by atoms with E-state index in [4.69, 9.17) is 5.11 Å². The number of aromatic carboxylic acids is 1. The molecule has 0 spiro atoms. The molecule has 0 aliphatic carbocycles. The number of aromatic nitrogens is 1. The van der Waals surface area contributed by atoms with Gasteiger partial charge in [-0.3, -0.25) is 0 Å². The Morgan fingerprint density at radius 2 is 1.73 bits per heavy atom. The molecule has 0 radical (unpaired) electrons. The van der Waals surface area contributed by atoms with Crippen LogP contribution in [0.25, 0.3) is 22.4 Å². The molecule has 1 heterocycles. The summed E-state index contributed by atoms with van der Waals surface area (Å²) in [6.07, 6.45) is 0. The summed E-state index contributed by atoms with van der Waals surface area (Å²) >= 11 is 0. The lowest BCUT2D eigenvalue weighted by atomic mass is 10.0. The molecule has 0 unspecified atom stereocenters. The van der Waals surface area contributed by atoms with Crippen molar-refractivity contribution in [3.63, 3.8) is 0 Å². The first-order valence-electron chi connectivity index (χ1n) is 6.31. The maximum Gasteiger partial charge on any atom is 0.374 e. The molecule has 3 rings (SSSR count). The zero-order valence-electron chi connectivity index (χ0n) is 11.1. The van der Waals surface area contributed by atoms with Crippen LogP contribution in [0.3, 0.4) is 0 Å². The molecule has 22 heavy (non-hydrogen) atoms. The minimum absolute atomic E-state index is 0.0653. The van der Waals surface area contributed by atoms with Crippen LogP contribution in [0, 0.1) is 11.6 Å². The van der Waals surface area contributed by atoms with E-state index in [0.717, 1.165) is 0 Å². The number of carbonyl (C=O) groups is 1. The van der Waals surface area contributed by atoms with E-state index < -0.39 is 17.6 Å². The van der Waals surface area contributed by atoms with Gasteiger partial charge in [-0.2, -0.15) is 0 Å². The molecular formula is C16H9F2NO3. The third-order valence-corrected chi connectivity index (χ3v) is 3.15. The topological polar surface area (TPSA) is 63.3 Å². The highest BCUT2D eigenvalue weighted by atomic mass is 19.1. The van der Waals surface area contributed by atoms with Gasteiger partial charge in [0.1, 0.15) is 17.3 Å². The number of hydrogen-bond donors (Lipinski definition) is 1.